The molecule has 0 aromatic heterocycles. The minimum Gasteiger partial charge on any atom is -0.342 e. The molecular weight excluding hydrogens is 188 g/mol. The van der Waals surface area contributed by atoms with Crippen LogP contribution in [0, 0.1) is 5.41 Å². The molecule has 2 fully saturated rings. The van der Waals surface area contributed by atoms with E-state index < -0.39 is 0 Å². The van der Waals surface area contributed by atoms with Gasteiger partial charge in [-0.2, -0.15) is 0 Å². The summed E-state index contributed by atoms with van der Waals surface area (Å²) < 4.78 is 0. The molecule has 1 saturated heterocycles. The van der Waals surface area contributed by atoms with E-state index >= 15 is 0 Å². The molecule has 1 radical (unpaired) electrons. The Morgan fingerprint density at radius 3 is 2.20 bits per heavy atom. The van der Waals surface area contributed by atoms with E-state index in [1.807, 2.05) is 4.90 Å². The van der Waals surface area contributed by atoms with Gasteiger partial charge in [0.1, 0.15) is 0 Å². The van der Waals surface area contributed by atoms with Crippen LogP contribution in [0.25, 0.3) is 0 Å². The predicted molar refractivity (Wildman–Crippen MR) is 59.3 cm³/mol. The fraction of sp³-hybridized carbons (Fsp3) is 0.917. The molecule has 0 aromatic carbocycles. The average Bonchev–Trinajstić information content (AvgIpc) is 2.79. The fourth-order valence-electron chi connectivity index (χ4n) is 2.95. The van der Waals surface area contributed by atoms with Crippen LogP contribution in [-0.4, -0.2) is 30.4 Å². The Balaban J connectivity index is 2.03. The maximum atomic E-state index is 12.4. The smallest absolute Gasteiger partial charge is 0.230 e. The van der Waals surface area contributed by atoms with Crippen molar-refractivity contribution in [1.29, 1.82) is 0 Å². The Labute approximate surface area is 92.0 Å². The molecule has 1 heterocycles. The van der Waals surface area contributed by atoms with Gasteiger partial charge in [-0.25, -0.2) is 0 Å². The van der Waals surface area contributed by atoms with Gasteiger partial charge in [0.25, 0.3) is 0 Å². The summed E-state index contributed by atoms with van der Waals surface area (Å²) in [7, 11) is 0. The molecule has 0 unspecified atom stereocenters. The molecule has 3 heteroatoms. The summed E-state index contributed by atoms with van der Waals surface area (Å²) in [5.41, 5.74) is 7.36. The first kappa shape index (κ1) is 10.9. The van der Waals surface area contributed by atoms with Crippen molar-refractivity contribution < 1.29 is 4.79 Å². The van der Waals surface area contributed by atoms with Gasteiger partial charge in [-0.1, -0.05) is 12.8 Å². The highest BCUT2D eigenvalue weighted by Gasteiger charge is 2.42. The molecule has 1 N–H and O–H groups in total. The third kappa shape index (κ3) is 2.03. The lowest BCUT2D eigenvalue weighted by molar-refractivity contribution is -0.142. The predicted octanol–water partition coefficient (Wildman–Crippen LogP) is 1.84. The topological polar surface area (TPSA) is 44.1 Å². The Bertz CT molecular complexity index is 228. The molecule has 0 spiro atoms. The molecule has 2 aliphatic rings. The Kier molecular flexibility index (Phi) is 3.29. The second kappa shape index (κ2) is 4.52. The van der Waals surface area contributed by atoms with Crippen molar-refractivity contribution in [2.24, 2.45) is 5.41 Å². The highest BCUT2D eigenvalue weighted by atomic mass is 16.2. The van der Waals surface area contributed by atoms with Gasteiger partial charge in [0, 0.05) is 19.6 Å². The van der Waals surface area contributed by atoms with Gasteiger partial charge in [0.15, 0.2) is 0 Å². The van der Waals surface area contributed by atoms with Crippen molar-refractivity contribution >= 4 is 5.91 Å². The van der Waals surface area contributed by atoms with Crippen LogP contribution in [0.3, 0.4) is 0 Å². The zero-order chi connectivity index (χ0) is 10.7. The number of amides is 1. The van der Waals surface area contributed by atoms with Crippen LogP contribution >= 0.6 is 0 Å². The lowest BCUT2D eigenvalue weighted by Crippen LogP contribution is -2.47. The van der Waals surface area contributed by atoms with E-state index in [0.717, 1.165) is 51.6 Å². The molecule has 85 valence electrons. The van der Waals surface area contributed by atoms with Gasteiger partial charge in [-0.3, -0.25) is 10.5 Å². The van der Waals surface area contributed by atoms with Crippen LogP contribution in [0.2, 0.25) is 0 Å². The third-order valence-corrected chi connectivity index (χ3v) is 4.00. The summed E-state index contributed by atoms with van der Waals surface area (Å²) in [6.07, 6.45) is 7.74. The van der Waals surface area contributed by atoms with E-state index in [1.54, 1.807) is 0 Å². The summed E-state index contributed by atoms with van der Waals surface area (Å²) in [6.45, 7) is 2.16. The van der Waals surface area contributed by atoms with Crippen LogP contribution in [0.15, 0.2) is 0 Å². The van der Waals surface area contributed by atoms with Gasteiger partial charge >= 0.3 is 0 Å². The highest BCUT2D eigenvalue weighted by Crippen LogP contribution is 2.39. The van der Waals surface area contributed by atoms with Crippen molar-refractivity contribution in [1.82, 2.24) is 10.6 Å². The van der Waals surface area contributed by atoms with Gasteiger partial charge in [-0.15, -0.1) is 0 Å². The molecule has 1 aliphatic carbocycles. The SMILES string of the molecule is [NH]CC1(C(=O)N2CCCCC2)CCCC1. The molecule has 1 saturated carbocycles. The number of hydrogen-bond donors (Lipinski definition) is 0. The monoisotopic (exact) mass is 209 g/mol. The molecule has 2 rings (SSSR count). The number of piperidine rings is 1. The van der Waals surface area contributed by atoms with E-state index in [1.165, 1.54) is 6.42 Å². The quantitative estimate of drug-likeness (QED) is 0.684. The van der Waals surface area contributed by atoms with Crippen molar-refractivity contribution in [3.05, 3.63) is 0 Å². The van der Waals surface area contributed by atoms with Crippen LogP contribution in [0.1, 0.15) is 44.9 Å². The molecule has 0 bridgehead atoms. The number of nitrogens with one attached hydrogen (secondary N) is 1. The first-order valence-electron chi connectivity index (χ1n) is 6.22. The first-order valence-corrected chi connectivity index (χ1v) is 6.22. The number of nitrogens with zero attached hydrogens (tertiary/aromatic N) is 1. The van der Waals surface area contributed by atoms with Crippen molar-refractivity contribution in [3.8, 4) is 0 Å². The molecule has 3 nitrogen and oxygen atoms in total. The Hall–Kier alpha value is -0.570. The first-order chi connectivity index (χ1) is 7.28. The van der Waals surface area contributed by atoms with E-state index in [-0.39, 0.29) is 11.3 Å². The van der Waals surface area contributed by atoms with E-state index in [2.05, 4.69) is 0 Å². The molecule has 0 aromatic rings. The standard InChI is InChI=1S/C12H21N2O/c13-10-12(6-2-3-7-12)11(15)14-8-4-1-5-9-14/h13H,1-10H2. The maximum Gasteiger partial charge on any atom is 0.230 e. The molecule has 15 heavy (non-hydrogen) atoms. The van der Waals surface area contributed by atoms with Crippen LogP contribution in [-0.2, 0) is 4.79 Å². The van der Waals surface area contributed by atoms with Crippen LogP contribution in [0.4, 0.5) is 0 Å². The largest absolute Gasteiger partial charge is 0.342 e. The number of rotatable bonds is 2. The lowest BCUT2D eigenvalue weighted by atomic mass is 9.84. The van der Waals surface area contributed by atoms with Gasteiger partial charge in [0.2, 0.25) is 5.91 Å². The summed E-state index contributed by atoms with van der Waals surface area (Å²) in [4.78, 5) is 14.4. The zero-order valence-electron chi connectivity index (χ0n) is 9.43. The highest BCUT2D eigenvalue weighted by molar-refractivity contribution is 5.83. The fourth-order valence-corrected chi connectivity index (χ4v) is 2.95. The zero-order valence-corrected chi connectivity index (χ0v) is 9.43. The van der Waals surface area contributed by atoms with Crippen molar-refractivity contribution in [2.45, 2.75) is 44.9 Å². The minimum atomic E-state index is -0.294. The minimum absolute atomic E-state index is 0.287. The van der Waals surface area contributed by atoms with Gasteiger partial charge < -0.3 is 4.90 Å². The Morgan fingerprint density at radius 1 is 1.07 bits per heavy atom. The van der Waals surface area contributed by atoms with Gasteiger partial charge in [-0.05, 0) is 32.1 Å². The van der Waals surface area contributed by atoms with E-state index in [4.69, 9.17) is 5.73 Å². The normalized spacial score (nSPS) is 25.5. The summed E-state index contributed by atoms with van der Waals surface area (Å²) in [5.74, 6) is 0.287. The number of carbonyl (C=O) groups is 1. The van der Waals surface area contributed by atoms with Gasteiger partial charge in [0.05, 0.1) is 5.41 Å². The second-order valence-corrected chi connectivity index (χ2v) is 5.02. The number of carbonyl (C=O) groups excluding carboxylic acids is 1. The average molecular weight is 209 g/mol. The molecular formula is C12H21N2O. The second-order valence-electron chi connectivity index (χ2n) is 5.02. The summed E-state index contributed by atoms with van der Waals surface area (Å²) in [5, 5.41) is 0. The molecule has 0 atom stereocenters. The Morgan fingerprint density at radius 2 is 1.67 bits per heavy atom. The molecule has 1 amide bonds. The van der Waals surface area contributed by atoms with E-state index in [0.29, 0.717) is 6.54 Å². The van der Waals surface area contributed by atoms with E-state index in [9.17, 15) is 4.79 Å². The summed E-state index contributed by atoms with van der Waals surface area (Å²) >= 11 is 0. The third-order valence-electron chi connectivity index (χ3n) is 4.00. The van der Waals surface area contributed by atoms with Crippen LogP contribution in [0.5, 0.6) is 0 Å². The molecule has 1 aliphatic heterocycles. The number of hydrogen-bond acceptors (Lipinski definition) is 1. The van der Waals surface area contributed by atoms with Crippen LogP contribution < -0.4 is 5.73 Å². The van der Waals surface area contributed by atoms with Crippen molar-refractivity contribution in [2.75, 3.05) is 19.6 Å². The maximum absolute atomic E-state index is 12.4. The lowest BCUT2D eigenvalue weighted by Gasteiger charge is -2.35. The number of likely N-dealkylation sites (tertiary alicyclic amines) is 1. The summed E-state index contributed by atoms with van der Waals surface area (Å²) in [6, 6.07) is 0. The van der Waals surface area contributed by atoms with Crippen molar-refractivity contribution in [3.63, 3.8) is 0 Å².